The summed E-state index contributed by atoms with van der Waals surface area (Å²) < 4.78 is 26.5. The van der Waals surface area contributed by atoms with Gasteiger partial charge in [-0.15, -0.1) is 0 Å². The van der Waals surface area contributed by atoms with E-state index in [2.05, 4.69) is 18.8 Å². The number of hydrogen-bond acceptors (Lipinski definition) is 3. The van der Waals surface area contributed by atoms with Crippen molar-refractivity contribution in [3.63, 3.8) is 0 Å². The van der Waals surface area contributed by atoms with Crippen LogP contribution in [0, 0.1) is 5.41 Å². The maximum absolute atomic E-state index is 12.5. The van der Waals surface area contributed by atoms with E-state index in [0.29, 0.717) is 5.41 Å². The van der Waals surface area contributed by atoms with Gasteiger partial charge in [0.1, 0.15) is 0 Å². The van der Waals surface area contributed by atoms with Gasteiger partial charge in [-0.3, -0.25) is 4.79 Å². The summed E-state index contributed by atoms with van der Waals surface area (Å²) in [6, 6.07) is 2.64. The van der Waals surface area contributed by atoms with Gasteiger partial charge in [0.05, 0.1) is 4.90 Å². The number of aromatic amines is 1. The Morgan fingerprint density at radius 3 is 2.35 bits per heavy atom. The van der Waals surface area contributed by atoms with Gasteiger partial charge in [-0.2, -0.15) is 4.31 Å². The first kappa shape index (κ1) is 15.3. The van der Waals surface area contributed by atoms with E-state index in [0.717, 1.165) is 25.7 Å². The monoisotopic (exact) mass is 298 g/mol. The van der Waals surface area contributed by atoms with Crippen LogP contribution in [0.1, 0.15) is 39.5 Å². The van der Waals surface area contributed by atoms with Crippen molar-refractivity contribution in [2.24, 2.45) is 5.41 Å². The fourth-order valence-corrected chi connectivity index (χ4v) is 4.05. The molecule has 0 radical (unpaired) electrons. The summed E-state index contributed by atoms with van der Waals surface area (Å²) in [5.74, 6) is 0. The molecule has 1 heterocycles. The first-order chi connectivity index (χ1) is 9.22. The second-order valence-electron chi connectivity index (χ2n) is 6.31. The lowest BCUT2D eigenvalue weighted by atomic mass is 9.76. The van der Waals surface area contributed by atoms with Gasteiger partial charge >= 0.3 is 0 Å². The van der Waals surface area contributed by atoms with Crippen LogP contribution in [-0.4, -0.2) is 30.8 Å². The van der Waals surface area contributed by atoms with E-state index in [1.54, 1.807) is 7.05 Å². The Morgan fingerprint density at radius 1 is 1.25 bits per heavy atom. The fraction of sp³-hybridized carbons (Fsp3) is 0.643. The molecule has 0 atom stereocenters. The smallest absolute Gasteiger partial charge is 0.247 e. The number of nitrogens with one attached hydrogen (secondary N) is 1. The third-order valence-corrected chi connectivity index (χ3v) is 6.16. The average molecular weight is 298 g/mol. The number of sulfonamides is 1. The molecule has 1 N–H and O–H groups in total. The van der Waals surface area contributed by atoms with Crippen molar-refractivity contribution in [1.82, 2.24) is 9.29 Å². The standard InChI is InChI=1S/C14H22N2O3S/c1-14(2)8-6-11(7-9-14)16(3)20(18,19)12-4-5-13(17)15-10-12/h4-5,10-11H,6-9H2,1-3H3,(H,15,17). The summed E-state index contributed by atoms with van der Waals surface area (Å²) in [6.07, 6.45) is 5.09. The Balaban J connectivity index is 2.18. The molecule has 1 aromatic rings. The minimum atomic E-state index is -3.53. The van der Waals surface area contributed by atoms with Crippen LogP contribution in [0.2, 0.25) is 0 Å². The van der Waals surface area contributed by atoms with Crippen LogP contribution in [0.3, 0.4) is 0 Å². The average Bonchev–Trinajstić information content (AvgIpc) is 2.38. The second kappa shape index (κ2) is 5.33. The molecule has 1 aromatic heterocycles. The molecule has 0 unspecified atom stereocenters. The number of H-pyrrole nitrogens is 1. The summed E-state index contributed by atoms with van der Waals surface area (Å²) in [4.78, 5) is 13.6. The van der Waals surface area contributed by atoms with Crippen LogP contribution in [-0.2, 0) is 10.0 Å². The lowest BCUT2D eigenvalue weighted by Gasteiger charge is -2.37. The highest BCUT2D eigenvalue weighted by Gasteiger charge is 2.34. The Labute approximate surface area is 120 Å². The van der Waals surface area contributed by atoms with Crippen LogP contribution in [0.25, 0.3) is 0 Å². The van der Waals surface area contributed by atoms with Gasteiger partial charge in [-0.1, -0.05) is 13.8 Å². The molecule has 1 aliphatic carbocycles. The predicted molar refractivity (Wildman–Crippen MR) is 78.0 cm³/mol. The number of pyridine rings is 1. The quantitative estimate of drug-likeness (QED) is 0.927. The fourth-order valence-electron chi connectivity index (χ4n) is 2.67. The third kappa shape index (κ3) is 3.12. The van der Waals surface area contributed by atoms with E-state index < -0.39 is 10.0 Å². The number of aromatic nitrogens is 1. The summed E-state index contributed by atoms with van der Waals surface area (Å²) in [5, 5.41) is 0. The molecule has 6 heteroatoms. The maximum atomic E-state index is 12.5. The normalized spacial score (nSPS) is 20.2. The molecule has 1 aliphatic rings. The van der Waals surface area contributed by atoms with Crippen molar-refractivity contribution in [2.45, 2.75) is 50.5 Å². The molecule has 1 saturated carbocycles. The zero-order valence-corrected chi connectivity index (χ0v) is 13.0. The highest BCUT2D eigenvalue weighted by atomic mass is 32.2. The number of hydrogen-bond donors (Lipinski definition) is 1. The van der Waals surface area contributed by atoms with Crippen LogP contribution in [0.5, 0.6) is 0 Å². The highest BCUT2D eigenvalue weighted by molar-refractivity contribution is 7.89. The molecule has 112 valence electrons. The molecule has 1 fully saturated rings. The van der Waals surface area contributed by atoms with Gasteiger partial charge in [0.25, 0.3) is 0 Å². The Morgan fingerprint density at radius 2 is 1.85 bits per heavy atom. The SMILES string of the molecule is CN(C1CCC(C)(C)CC1)S(=O)(=O)c1ccc(=O)[nH]c1. The van der Waals surface area contributed by atoms with E-state index in [-0.39, 0.29) is 16.5 Å². The Hall–Kier alpha value is -1.14. The molecular formula is C14H22N2O3S. The maximum Gasteiger partial charge on any atom is 0.247 e. The highest BCUT2D eigenvalue weighted by Crippen LogP contribution is 2.37. The van der Waals surface area contributed by atoms with E-state index in [9.17, 15) is 13.2 Å². The topological polar surface area (TPSA) is 70.2 Å². The van der Waals surface area contributed by atoms with E-state index >= 15 is 0 Å². The number of rotatable bonds is 3. The zero-order valence-electron chi connectivity index (χ0n) is 12.2. The minimum Gasteiger partial charge on any atom is -0.328 e. The largest absolute Gasteiger partial charge is 0.328 e. The second-order valence-corrected chi connectivity index (χ2v) is 8.30. The first-order valence-corrected chi connectivity index (χ1v) is 8.33. The van der Waals surface area contributed by atoms with Gasteiger partial charge in [-0.25, -0.2) is 8.42 Å². The van der Waals surface area contributed by atoms with Gasteiger partial charge in [0, 0.05) is 25.4 Å². The van der Waals surface area contributed by atoms with Crippen LogP contribution in [0.4, 0.5) is 0 Å². The van der Waals surface area contributed by atoms with Crippen molar-refractivity contribution >= 4 is 10.0 Å². The van der Waals surface area contributed by atoms with Gasteiger partial charge in [0.15, 0.2) is 0 Å². The van der Waals surface area contributed by atoms with Gasteiger partial charge in [0.2, 0.25) is 15.6 Å². The Bertz CT molecular complexity index is 604. The van der Waals surface area contributed by atoms with Crippen molar-refractivity contribution in [3.05, 3.63) is 28.7 Å². The Kier molecular flexibility index (Phi) is 4.07. The zero-order chi connectivity index (χ0) is 15.0. The van der Waals surface area contributed by atoms with Crippen molar-refractivity contribution in [2.75, 3.05) is 7.05 Å². The van der Waals surface area contributed by atoms with Crippen LogP contribution in [0.15, 0.2) is 28.0 Å². The summed E-state index contributed by atoms with van der Waals surface area (Å²) in [7, 11) is -1.90. The van der Waals surface area contributed by atoms with Gasteiger partial charge < -0.3 is 4.98 Å². The van der Waals surface area contributed by atoms with Crippen molar-refractivity contribution in [1.29, 1.82) is 0 Å². The molecule has 2 rings (SSSR count). The summed E-state index contributed by atoms with van der Waals surface area (Å²) in [6.45, 7) is 4.44. The summed E-state index contributed by atoms with van der Waals surface area (Å²) in [5.41, 5.74) is 0.00467. The molecule has 0 bridgehead atoms. The lowest BCUT2D eigenvalue weighted by molar-refractivity contribution is 0.174. The van der Waals surface area contributed by atoms with Crippen molar-refractivity contribution < 1.29 is 8.42 Å². The van der Waals surface area contributed by atoms with E-state index in [1.165, 1.54) is 22.6 Å². The summed E-state index contributed by atoms with van der Waals surface area (Å²) >= 11 is 0. The van der Waals surface area contributed by atoms with Crippen LogP contribution >= 0.6 is 0 Å². The molecule has 0 saturated heterocycles. The molecule has 0 spiro atoms. The molecule has 20 heavy (non-hydrogen) atoms. The van der Waals surface area contributed by atoms with Gasteiger partial charge in [-0.05, 0) is 37.2 Å². The third-order valence-electron chi connectivity index (χ3n) is 4.26. The predicted octanol–water partition coefficient (Wildman–Crippen LogP) is 1.96. The first-order valence-electron chi connectivity index (χ1n) is 6.89. The van der Waals surface area contributed by atoms with Crippen molar-refractivity contribution in [3.8, 4) is 0 Å². The molecule has 0 amide bonds. The molecular weight excluding hydrogens is 276 g/mol. The van der Waals surface area contributed by atoms with Crippen LogP contribution < -0.4 is 5.56 Å². The van der Waals surface area contributed by atoms with E-state index in [1.807, 2.05) is 0 Å². The number of nitrogens with zero attached hydrogens (tertiary/aromatic N) is 1. The molecule has 0 aliphatic heterocycles. The molecule has 0 aromatic carbocycles. The lowest BCUT2D eigenvalue weighted by Crippen LogP contribution is -2.40. The van der Waals surface area contributed by atoms with E-state index in [4.69, 9.17) is 0 Å². The molecule has 5 nitrogen and oxygen atoms in total. The minimum absolute atomic E-state index is 0.0416.